The first-order valence-electron chi connectivity index (χ1n) is 11.4. The van der Waals surface area contributed by atoms with Gasteiger partial charge >= 0.3 is 52.5 Å². The summed E-state index contributed by atoms with van der Waals surface area (Å²) in [5, 5.41) is 0. The maximum absolute atomic E-state index is 10.7. The SMILES string of the molecule is C1CCOC1.C[n+]1[c-]n(-c2ccccc2CN)cc1.Cc1ccc(C(C)C)cc1.F[P-](F)(F)(F)(F)F.[Cl-].[Ru+2]. The molecule has 0 aliphatic carbocycles. The van der Waals surface area contributed by atoms with Gasteiger partial charge < -0.3 is 32.0 Å². The summed E-state index contributed by atoms with van der Waals surface area (Å²) in [6.07, 6.45) is 9.62. The average Bonchev–Trinajstić information content (AvgIpc) is 3.47. The van der Waals surface area contributed by atoms with Crippen LogP contribution in [0.5, 0.6) is 0 Å². The van der Waals surface area contributed by atoms with E-state index in [0.717, 1.165) is 24.5 Å². The van der Waals surface area contributed by atoms with Gasteiger partial charge in [-0.05, 0) is 36.8 Å². The molecular weight excluding hydrogens is 640 g/mol. The van der Waals surface area contributed by atoms with Gasteiger partial charge in [0.25, 0.3) is 0 Å². The summed E-state index contributed by atoms with van der Waals surface area (Å²) < 4.78 is 68.0. The van der Waals surface area contributed by atoms with Crippen molar-refractivity contribution < 1.29 is 66.4 Å². The fraction of sp³-hybridized carbons (Fsp3) is 0.400. The van der Waals surface area contributed by atoms with Crippen LogP contribution in [0.4, 0.5) is 25.2 Å². The summed E-state index contributed by atoms with van der Waals surface area (Å²) in [7, 11) is -8.71. The van der Waals surface area contributed by atoms with Crippen LogP contribution in [0, 0.1) is 13.3 Å². The van der Waals surface area contributed by atoms with Crippen molar-refractivity contribution in [3.8, 4) is 5.69 Å². The van der Waals surface area contributed by atoms with E-state index < -0.39 is 7.81 Å². The molecule has 2 heterocycles. The predicted octanol–water partition coefficient (Wildman–Crippen LogP) is 4.86. The fourth-order valence-corrected chi connectivity index (χ4v) is 2.92. The van der Waals surface area contributed by atoms with E-state index in [1.165, 1.54) is 24.0 Å². The van der Waals surface area contributed by atoms with Crippen LogP contribution in [0.15, 0.2) is 60.9 Å². The number of hydrogen-bond acceptors (Lipinski definition) is 2. The second-order valence-electron chi connectivity index (χ2n) is 8.56. The number of ether oxygens (including phenoxy) is 1. The van der Waals surface area contributed by atoms with Crippen molar-refractivity contribution in [1.29, 1.82) is 0 Å². The molecule has 0 saturated carbocycles. The number of nitrogens with zero attached hydrogens (tertiary/aromatic N) is 2. The van der Waals surface area contributed by atoms with Crippen molar-refractivity contribution in [2.24, 2.45) is 12.8 Å². The zero-order chi connectivity index (χ0) is 27.5. The molecule has 0 spiro atoms. The number of hydrogen-bond donors (Lipinski definition) is 1. The first-order valence-corrected chi connectivity index (χ1v) is 13.4. The number of aromatic nitrogens is 2. The Hall–Kier alpha value is -1.51. The summed E-state index contributed by atoms with van der Waals surface area (Å²) in [4.78, 5) is 0. The molecule has 218 valence electrons. The number of nitrogens with two attached hydrogens (primary N) is 1. The maximum atomic E-state index is 9.87. The molecule has 13 heteroatoms. The molecule has 4 nitrogen and oxygen atoms in total. The van der Waals surface area contributed by atoms with Crippen LogP contribution in [0.1, 0.15) is 49.3 Å². The molecule has 38 heavy (non-hydrogen) atoms. The Labute approximate surface area is 240 Å². The molecule has 1 aromatic heterocycles. The van der Waals surface area contributed by atoms with Gasteiger partial charge in [0.15, 0.2) is 0 Å². The van der Waals surface area contributed by atoms with Crippen molar-refractivity contribution in [2.45, 2.75) is 46.1 Å². The van der Waals surface area contributed by atoms with Crippen molar-refractivity contribution in [3.05, 3.63) is 83.9 Å². The van der Waals surface area contributed by atoms with Crippen molar-refractivity contribution in [1.82, 2.24) is 4.57 Å². The summed E-state index contributed by atoms with van der Waals surface area (Å²) in [5.41, 5.74) is 10.6. The Morgan fingerprint density at radius 2 is 1.47 bits per heavy atom. The van der Waals surface area contributed by atoms with Crippen molar-refractivity contribution >= 4 is 7.81 Å². The van der Waals surface area contributed by atoms with E-state index in [1.54, 1.807) is 0 Å². The molecule has 1 saturated heterocycles. The number of para-hydroxylation sites is 1. The van der Waals surface area contributed by atoms with Crippen molar-refractivity contribution in [2.75, 3.05) is 13.2 Å². The summed E-state index contributed by atoms with van der Waals surface area (Å²) >= 11 is 0. The van der Waals surface area contributed by atoms with E-state index in [2.05, 4.69) is 51.4 Å². The Morgan fingerprint density at radius 1 is 0.974 bits per heavy atom. The van der Waals surface area contributed by atoms with Gasteiger partial charge in [0, 0.05) is 32.2 Å². The second kappa shape index (κ2) is 15.9. The minimum atomic E-state index is -10.7. The molecule has 0 amide bonds. The third kappa shape index (κ3) is 20.5. The topological polar surface area (TPSA) is 44.1 Å². The van der Waals surface area contributed by atoms with Crippen LogP contribution in [-0.4, -0.2) is 17.8 Å². The summed E-state index contributed by atoms with van der Waals surface area (Å²) in [6, 6.07) is 16.8. The number of aryl methyl sites for hydroxylation is 2. The molecule has 0 radical (unpaired) electrons. The zero-order valence-corrected chi connectivity index (χ0v) is 25.1. The summed E-state index contributed by atoms with van der Waals surface area (Å²) in [5.74, 6) is 0.653. The van der Waals surface area contributed by atoms with Crippen LogP contribution < -0.4 is 22.7 Å². The Kier molecular flexibility index (Phi) is 16.2. The van der Waals surface area contributed by atoms with Gasteiger partial charge in [0.1, 0.15) is 0 Å². The Morgan fingerprint density at radius 3 is 1.84 bits per heavy atom. The van der Waals surface area contributed by atoms with Crippen molar-refractivity contribution in [3.63, 3.8) is 0 Å². The predicted molar refractivity (Wildman–Crippen MR) is 133 cm³/mol. The largest absolute Gasteiger partial charge is 2.00 e. The van der Waals surface area contributed by atoms with Crippen LogP contribution in [-0.2, 0) is 37.8 Å². The van der Waals surface area contributed by atoms with Gasteiger partial charge in [-0.25, -0.2) is 0 Å². The number of imidazole rings is 1. The Balaban J connectivity index is 0. The van der Waals surface area contributed by atoms with Crippen LogP contribution in [0.3, 0.4) is 0 Å². The second-order valence-corrected chi connectivity index (χ2v) is 10.5. The Bertz CT molecular complexity index is 1040. The molecule has 4 rings (SSSR count). The van der Waals surface area contributed by atoms with Crippen LogP contribution in [0.25, 0.3) is 5.69 Å². The number of rotatable bonds is 3. The molecule has 0 bridgehead atoms. The quantitative estimate of drug-likeness (QED) is 0.142. The molecule has 1 aliphatic rings. The van der Waals surface area contributed by atoms with Gasteiger partial charge in [0.05, 0.1) is 12.7 Å². The third-order valence-electron chi connectivity index (χ3n) is 4.75. The molecule has 0 atom stereocenters. The monoisotopic (exact) mass is 675 g/mol. The normalized spacial score (nSPS) is 14.0. The fourth-order valence-electron chi connectivity index (χ4n) is 2.92. The van der Waals surface area contributed by atoms with Gasteiger partial charge in [0.2, 0.25) is 6.33 Å². The van der Waals surface area contributed by atoms with E-state index in [1.807, 2.05) is 52.8 Å². The maximum Gasteiger partial charge on any atom is 2.00 e. The third-order valence-corrected chi connectivity index (χ3v) is 4.75. The molecule has 0 unspecified atom stereocenters. The molecule has 1 fully saturated rings. The average molecular weight is 675 g/mol. The minimum absolute atomic E-state index is 0. The number of halogens is 7. The van der Waals surface area contributed by atoms with Gasteiger partial charge in [-0.15, -0.1) is 0 Å². The first-order chi connectivity index (χ1) is 16.5. The van der Waals surface area contributed by atoms with Gasteiger partial charge in [-0.3, -0.25) is 0 Å². The molecule has 2 aromatic carbocycles. The van der Waals surface area contributed by atoms with E-state index >= 15 is 0 Å². The summed E-state index contributed by atoms with van der Waals surface area (Å²) in [6.45, 7) is 9.09. The van der Waals surface area contributed by atoms with E-state index in [4.69, 9.17) is 10.5 Å². The first kappa shape index (κ1) is 38.6. The van der Waals surface area contributed by atoms with Gasteiger partial charge in [-0.2, -0.15) is 0 Å². The smallest absolute Gasteiger partial charge is 1.00 e. The van der Waals surface area contributed by atoms with Crippen LogP contribution in [0.2, 0.25) is 0 Å². The molecule has 3 aromatic rings. The van der Waals surface area contributed by atoms with E-state index in [0.29, 0.717) is 12.5 Å². The minimum Gasteiger partial charge on any atom is -1.00 e. The standard InChI is InChI=1S/C11H13N3.C10H14.C4H8O.ClH.F6P.Ru/c1-13-6-7-14(9-13)11-5-3-2-4-10(11)8-12;1-8(2)10-6-4-9(3)5-7-10;1-2-4-5-3-1;;1-7(2,3,4,5)6;/h2-7H,8,12H2,1H3;4-8H,1-3H3;1-4H2;1H;;/q;;;;-1;+2/p-1. The molecular formula is C25H35ClF6N3OPRu. The van der Waals surface area contributed by atoms with Crippen LogP contribution >= 0.6 is 7.81 Å². The van der Waals surface area contributed by atoms with Gasteiger partial charge in [-0.1, -0.05) is 67.9 Å². The van der Waals surface area contributed by atoms with E-state index in [-0.39, 0.29) is 31.9 Å². The zero-order valence-electron chi connectivity index (χ0n) is 21.7. The van der Waals surface area contributed by atoms with E-state index in [9.17, 15) is 25.2 Å². The molecule has 2 N–H and O–H groups in total. The molecule has 1 aliphatic heterocycles. The number of benzene rings is 2.